The third-order valence-electron chi connectivity index (χ3n) is 7.57. The molecule has 0 aliphatic heterocycles. The second-order valence-electron chi connectivity index (χ2n) is 9.69. The fourth-order valence-corrected chi connectivity index (χ4v) is 6.00. The predicted octanol–water partition coefficient (Wildman–Crippen LogP) is 11.0. The normalized spacial score (nSPS) is 12.4. The van der Waals surface area contributed by atoms with Crippen molar-refractivity contribution in [3.05, 3.63) is 126 Å². The molecule has 1 aliphatic carbocycles. The van der Waals surface area contributed by atoms with Gasteiger partial charge in [0.2, 0.25) is 0 Å². The Morgan fingerprint density at radius 1 is 0.568 bits per heavy atom. The van der Waals surface area contributed by atoms with Crippen LogP contribution >= 0.6 is 0 Å². The Kier molecular flexibility index (Phi) is 6.10. The zero-order valence-corrected chi connectivity index (χ0v) is 21.9. The van der Waals surface area contributed by atoms with Crippen molar-refractivity contribution in [3.63, 3.8) is 0 Å². The van der Waals surface area contributed by atoms with E-state index < -0.39 is 0 Å². The van der Waals surface area contributed by atoms with Gasteiger partial charge >= 0.3 is 0 Å². The smallest absolute Gasteiger partial charge is 0 e. The summed E-state index contributed by atoms with van der Waals surface area (Å²) in [5.74, 6) is 0. The van der Waals surface area contributed by atoms with Crippen molar-refractivity contribution in [1.82, 2.24) is 0 Å². The third-order valence-corrected chi connectivity index (χ3v) is 7.57. The topological polar surface area (TPSA) is 0 Å². The second-order valence-corrected chi connectivity index (χ2v) is 9.69. The first-order valence-electron chi connectivity index (χ1n) is 13.5. The molecule has 0 saturated heterocycles. The summed E-state index contributed by atoms with van der Waals surface area (Å²) in [5.41, 5.74) is 9.45. The van der Waals surface area contributed by atoms with Gasteiger partial charge in [0.25, 0.3) is 0 Å². The molecule has 0 heterocycles. The highest BCUT2D eigenvalue weighted by molar-refractivity contribution is 6.24. The Balaban J connectivity index is 0.000000959. The molecular weight excluding hydrogens is 444 g/mol. The summed E-state index contributed by atoms with van der Waals surface area (Å²) >= 11 is 0. The van der Waals surface area contributed by atoms with Gasteiger partial charge in [0.1, 0.15) is 0 Å². The van der Waals surface area contributed by atoms with E-state index in [1.165, 1.54) is 71.3 Å². The van der Waals surface area contributed by atoms with Crippen molar-refractivity contribution in [3.8, 4) is 22.3 Å². The zero-order chi connectivity index (χ0) is 25.4. The van der Waals surface area contributed by atoms with Crippen LogP contribution in [0.3, 0.4) is 0 Å². The van der Waals surface area contributed by atoms with Gasteiger partial charge in [0.15, 0.2) is 0 Å². The maximum atomic E-state index is 2.39. The van der Waals surface area contributed by atoms with Crippen molar-refractivity contribution < 1.29 is 1.43 Å². The molecule has 0 spiro atoms. The molecule has 0 N–H and O–H groups in total. The molecule has 0 fully saturated rings. The van der Waals surface area contributed by atoms with Gasteiger partial charge in [-0.15, -0.1) is 0 Å². The standard InChI is InChI=1S/C35H26.C2H6.H2/c1-23-20-21-32-33(22-23)35(29-19-9-13-25-11-3-5-15-27(25)29)31-17-7-6-16-30(31)34(32)28-18-8-12-24-10-2-4-14-26(24)28;1-2;/h2,4-10,12-22H,3,11H2,1H3;1-2H3;1H. The van der Waals surface area contributed by atoms with Crippen LogP contribution in [0.2, 0.25) is 0 Å². The molecule has 0 unspecified atom stereocenters. The molecular formula is C37H34. The monoisotopic (exact) mass is 478 g/mol. The van der Waals surface area contributed by atoms with Gasteiger partial charge in [-0.25, -0.2) is 0 Å². The van der Waals surface area contributed by atoms with Crippen LogP contribution in [0.4, 0.5) is 0 Å². The van der Waals surface area contributed by atoms with Crippen molar-refractivity contribution in [2.75, 3.05) is 0 Å². The summed E-state index contributed by atoms with van der Waals surface area (Å²) in [6, 6.07) is 38.3. The molecule has 6 aromatic rings. The summed E-state index contributed by atoms with van der Waals surface area (Å²) in [7, 11) is 0. The first-order valence-corrected chi connectivity index (χ1v) is 13.5. The molecule has 0 bridgehead atoms. The maximum Gasteiger partial charge on any atom is 0 e. The van der Waals surface area contributed by atoms with Gasteiger partial charge in [-0.05, 0) is 85.5 Å². The van der Waals surface area contributed by atoms with E-state index in [4.69, 9.17) is 0 Å². The van der Waals surface area contributed by atoms with Crippen LogP contribution in [-0.2, 0) is 6.42 Å². The highest BCUT2D eigenvalue weighted by Crippen LogP contribution is 2.46. The molecule has 0 saturated carbocycles. The van der Waals surface area contributed by atoms with Gasteiger partial charge in [-0.3, -0.25) is 0 Å². The summed E-state index contributed by atoms with van der Waals surface area (Å²) in [5, 5.41) is 7.86. The van der Waals surface area contributed by atoms with Gasteiger partial charge in [0.05, 0.1) is 0 Å². The molecule has 0 aromatic heterocycles. The van der Waals surface area contributed by atoms with Crippen LogP contribution in [0.5, 0.6) is 0 Å². The van der Waals surface area contributed by atoms with E-state index in [1.54, 1.807) is 0 Å². The van der Waals surface area contributed by atoms with E-state index in [-0.39, 0.29) is 1.43 Å². The number of allylic oxidation sites excluding steroid dienone is 1. The molecule has 1 aliphatic rings. The summed E-state index contributed by atoms with van der Waals surface area (Å²) in [4.78, 5) is 0. The van der Waals surface area contributed by atoms with Crippen molar-refractivity contribution in [2.45, 2.75) is 33.6 Å². The fourth-order valence-electron chi connectivity index (χ4n) is 6.00. The van der Waals surface area contributed by atoms with E-state index in [2.05, 4.69) is 122 Å². The van der Waals surface area contributed by atoms with E-state index in [1.807, 2.05) is 13.8 Å². The summed E-state index contributed by atoms with van der Waals surface area (Å²) in [6.07, 6.45) is 6.90. The lowest BCUT2D eigenvalue weighted by atomic mass is 9.82. The number of hydrogen-bond donors (Lipinski definition) is 0. The lowest BCUT2D eigenvalue weighted by Crippen LogP contribution is -1.98. The van der Waals surface area contributed by atoms with Gasteiger partial charge < -0.3 is 0 Å². The van der Waals surface area contributed by atoms with Crippen molar-refractivity contribution in [2.24, 2.45) is 0 Å². The zero-order valence-electron chi connectivity index (χ0n) is 21.9. The molecule has 0 atom stereocenters. The van der Waals surface area contributed by atoms with E-state index in [9.17, 15) is 0 Å². The number of benzene rings is 6. The first kappa shape index (κ1) is 23.3. The fraction of sp³-hybridized carbons (Fsp3) is 0.135. The Labute approximate surface area is 221 Å². The number of rotatable bonds is 2. The van der Waals surface area contributed by atoms with Crippen LogP contribution < -0.4 is 0 Å². The summed E-state index contributed by atoms with van der Waals surface area (Å²) in [6.45, 7) is 6.20. The molecule has 182 valence electrons. The predicted molar refractivity (Wildman–Crippen MR) is 165 cm³/mol. The largest absolute Gasteiger partial charge is 0.0836 e. The molecule has 0 radical (unpaired) electrons. The molecule has 0 amide bonds. The van der Waals surface area contributed by atoms with Crippen molar-refractivity contribution in [1.29, 1.82) is 0 Å². The van der Waals surface area contributed by atoms with Crippen molar-refractivity contribution >= 4 is 38.4 Å². The maximum absolute atomic E-state index is 2.39. The third kappa shape index (κ3) is 3.85. The minimum atomic E-state index is 0. The number of aryl methyl sites for hydroxylation is 2. The molecule has 0 heteroatoms. The highest BCUT2D eigenvalue weighted by Gasteiger charge is 2.20. The molecule has 37 heavy (non-hydrogen) atoms. The minimum absolute atomic E-state index is 0. The van der Waals surface area contributed by atoms with Crippen LogP contribution in [-0.4, -0.2) is 0 Å². The Hall–Kier alpha value is -4.16. The van der Waals surface area contributed by atoms with Crippen LogP contribution in [0, 0.1) is 6.92 Å². The second kappa shape index (κ2) is 9.71. The molecule has 7 rings (SSSR count). The van der Waals surface area contributed by atoms with Crippen LogP contribution in [0.25, 0.3) is 60.6 Å². The van der Waals surface area contributed by atoms with Gasteiger partial charge in [-0.2, -0.15) is 0 Å². The van der Waals surface area contributed by atoms with Gasteiger partial charge in [0, 0.05) is 1.43 Å². The van der Waals surface area contributed by atoms with E-state index in [0.717, 1.165) is 12.8 Å². The number of fused-ring (bicyclic) bond motifs is 4. The lowest BCUT2D eigenvalue weighted by Gasteiger charge is -2.22. The Morgan fingerprint density at radius 3 is 2.00 bits per heavy atom. The van der Waals surface area contributed by atoms with E-state index in [0.29, 0.717) is 0 Å². The van der Waals surface area contributed by atoms with E-state index >= 15 is 0 Å². The average Bonchev–Trinajstić information content (AvgIpc) is 2.96. The molecule has 0 nitrogen and oxygen atoms in total. The minimum Gasteiger partial charge on any atom is -0.0836 e. The quantitative estimate of drug-likeness (QED) is 0.217. The van der Waals surface area contributed by atoms with Crippen LogP contribution in [0.15, 0.2) is 109 Å². The number of hydrogen-bond acceptors (Lipinski definition) is 0. The highest BCUT2D eigenvalue weighted by atomic mass is 14.2. The molecule has 6 aromatic carbocycles. The average molecular weight is 479 g/mol. The first-order chi connectivity index (χ1) is 18.3. The van der Waals surface area contributed by atoms with Gasteiger partial charge in [-0.1, -0.05) is 135 Å². The van der Waals surface area contributed by atoms with Crippen LogP contribution in [0.1, 0.15) is 38.4 Å². The SMILES string of the molecule is CC.Cc1ccc2c(-c3cccc4ccccc34)c3ccccc3c(-c3cccc4c3C=CCC4)c2c1.[HH]. The summed E-state index contributed by atoms with van der Waals surface area (Å²) < 4.78 is 0. The lowest BCUT2D eigenvalue weighted by molar-refractivity contribution is 0.987. The Bertz CT molecular complexity index is 1800. The Morgan fingerprint density at radius 2 is 1.19 bits per heavy atom.